The number of nitrogens with zero attached hydrogens (tertiary/aromatic N) is 1. The van der Waals surface area contributed by atoms with E-state index < -0.39 is 41.7 Å². The minimum Gasteiger partial charge on any atom is -0.390 e. The summed E-state index contributed by atoms with van der Waals surface area (Å²) in [5.41, 5.74) is -2.68. The fourth-order valence-electron chi connectivity index (χ4n) is 2.12. The minimum atomic E-state index is -3.12. The van der Waals surface area contributed by atoms with E-state index >= 15 is 0 Å². The van der Waals surface area contributed by atoms with Crippen molar-refractivity contribution in [2.45, 2.75) is 23.9 Å². The van der Waals surface area contributed by atoms with Gasteiger partial charge in [0, 0.05) is 18.3 Å². The van der Waals surface area contributed by atoms with E-state index in [1.165, 1.54) is 0 Å². The first-order valence-electron chi connectivity index (χ1n) is 5.81. The Morgan fingerprint density at radius 2 is 2.24 bits per heavy atom. The van der Waals surface area contributed by atoms with Gasteiger partial charge in [-0.2, -0.15) is 0 Å². The maximum atomic E-state index is 14.9. The zero-order valence-electron chi connectivity index (χ0n) is 10.6. The van der Waals surface area contributed by atoms with Crippen LogP contribution in [0.3, 0.4) is 0 Å². The van der Waals surface area contributed by atoms with Crippen LogP contribution in [0.15, 0.2) is 40.2 Å². The molecule has 0 saturated carbocycles. The fourth-order valence-corrected chi connectivity index (χ4v) is 2.12. The van der Waals surface area contributed by atoms with Gasteiger partial charge in [-0.25, -0.2) is 13.6 Å². The molecular weight excluding hydrogens is 290 g/mol. The first-order chi connectivity index (χ1) is 9.78. The minimum absolute atomic E-state index is 0.551. The second-order valence-corrected chi connectivity index (χ2v) is 4.51. The summed E-state index contributed by atoms with van der Waals surface area (Å²) in [5.74, 6) is -3.12. The summed E-state index contributed by atoms with van der Waals surface area (Å²) in [6, 6.07) is 0.895. The summed E-state index contributed by atoms with van der Waals surface area (Å²) >= 11 is 0. The Morgan fingerprint density at radius 1 is 1.57 bits per heavy atom. The van der Waals surface area contributed by atoms with E-state index in [1.54, 1.807) is 0 Å². The molecule has 2 rings (SSSR count). The molecule has 1 aromatic heterocycles. The van der Waals surface area contributed by atoms with Crippen molar-refractivity contribution in [3.8, 4) is 0 Å². The lowest BCUT2D eigenvalue weighted by atomic mass is 9.95. The van der Waals surface area contributed by atoms with Crippen molar-refractivity contribution in [1.29, 1.82) is 0 Å². The molecule has 1 aliphatic heterocycles. The highest BCUT2D eigenvalue weighted by atomic mass is 19.2. The Kier molecular flexibility index (Phi) is 3.68. The van der Waals surface area contributed by atoms with E-state index in [1.807, 2.05) is 10.7 Å². The standard InChI is InChI=1S/C12H12F2N2O5/c1-2-4-11(13)8(19)12(14,6-17)21-9(11)16-5-3-7(18)15-10(16)20/h3-5,8-9,17,19H,1,6H2,(H,15,18,20)/t8-,9+,11+,12+/m0/s1. The summed E-state index contributed by atoms with van der Waals surface area (Å²) in [6.45, 7) is 1.79. The number of aromatic nitrogens is 2. The highest BCUT2D eigenvalue weighted by Crippen LogP contribution is 2.47. The van der Waals surface area contributed by atoms with Gasteiger partial charge in [-0.1, -0.05) is 6.58 Å². The Hall–Kier alpha value is -2.06. The summed E-state index contributed by atoms with van der Waals surface area (Å²) in [5, 5.41) is 18.7. The third kappa shape index (κ3) is 2.26. The number of aromatic amines is 1. The molecule has 2 heterocycles. The molecule has 1 saturated heterocycles. The van der Waals surface area contributed by atoms with E-state index in [9.17, 15) is 23.5 Å². The predicted molar refractivity (Wildman–Crippen MR) is 65.9 cm³/mol. The second kappa shape index (κ2) is 5.05. The molecule has 3 N–H and O–H groups in total. The highest BCUT2D eigenvalue weighted by molar-refractivity contribution is 5.16. The first kappa shape index (κ1) is 15.3. The van der Waals surface area contributed by atoms with Gasteiger partial charge in [-0.15, -0.1) is 5.73 Å². The molecule has 0 amide bonds. The number of aliphatic hydroxyl groups excluding tert-OH is 2. The maximum Gasteiger partial charge on any atom is 0.330 e. The van der Waals surface area contributed by atoms with Crippen molar-refractivity contribution in [3.63, 3.8) is 0 Å². The van der Waals surface area contributed by atoms with Gasteiger partial charge in [0.2, 0.25) is 5.67 Å². The smallest absolute Gasteiger partial charge is 0.330 e. The first-order valence-corrected chi connectivity index (χ1v) is 5.81. The van der Waals surface area contributed by atoms with Crippen LogP contribution in [0.25, 0.3) is 0 Å². The van der Waals surface area contributed by atoms with Crippen LogP contribution < -0.4 is 11.2 Å². The van der Waals surface area contributed by atoms with Crippen molar-refractivity contribution >= 4 is 0 Å². The predicted octanol–water partition coefficient (Wildman–Crippen LogP) is -0.866. The van der Waals surface area contributed by atoms with Crippen LogP contribution in [-0.4, -0.2) is 44.0 Å². The third-order valence-corrected chi connectivity index (χ3v) is 3.16. The van der Waals surface area contributed by atoms with E-state index in [0.29, 0.717) is 10.6 Å². The second-order valence-electron chi connectivity index (χ2n) is 4.51. The zero-order valence-corrected chi connectivity index (χ0v) is 10.6. The van der Waals surface area contributed by atoms with Crippen LogP contribution in [0.4, 0.5) is 8.78 Å². The summed E-state index contributed by atoms with van der Waals surface area (Å²) in [4.78, 5) is 24.5. The van der Waals surface area contributed by atoms with Crippen LogP contribution in [0.2, 0.25) is 0 Å². The molecule has 21 heavy (non-hydrogen) atoms. The number of hydrogen-bond donors (Lipinski definition) is 3. The molecule has 0 spiro atoms. The topological polar surface area (TPSA) is 105 Å². The molecule has 0 bridgehead atoms. The number of nitrogens with one attached hydrogen (secondary N) is 1. The van der Waals surface area contributed by atoms with E-state index in [-0.39, 0.29) is 0 Å². The third-order valence-electron chi connectivity index (χ3n) is 3.16. The van der Waals surface area contributed by atoms with Crippen LogP contribution in [-0.2, 0) is 4.74 Å². The van der Waals surface area contributed by atoms with Crippen LogP contribution in [0.1, 0.15) is 6.23 Å². The highest BCUT2D eigenvalue weighted by Gasteiger charge is 2.65. The lowest BCUT2D eigenvalue weighted by Gasteiger charge is -2.25. The Morgan fingerprint density at radius 3 is 2.76 bits per heavy atom. The largest absolute Gasteiger partial charge is 0.390 e. The SMILES string of the molecule is C=C=C[C@]1(F)[C@H](n2ccc(=O)[nH]c2=O)O[C@](F)(CO)[C@H]1O. The molecule has 0 aliphatic carbocycles. The average Bonchev–Trinajstić information content (AvgIpc) is 2.62. The van der Waals surface area contributed by atoms with Gasteiger partial charge in [0.25, 0.3) is 11.4 Å². The molecule has 1 aromatic rings. The van der Waals surface area contributed by atoms with Crippen molar-refractivity contribution in [2.75, 3.05) is 6.61 Å². The quantitative estimate of drug-likeness (QED) is 0.630. The number of H-pyrrole nitrogens is 1. The molecule has 1 fully saturated rings. The van der Waals surface area contributed by atoms with Crippen molar-refractivity contribution < 1.29 is 23.7 Å². The average molecular weight is 302 g/mol. The number of hydrogen-bond acceptors (Lipinski definition) is 5. The van der Waals surface area contributed by atoms with Crippen molar-refractivity contribution in [1.82, 2.24) is 9.55 Å². The Labute approximate surface area is 116 Å². The summed E-state index contributed by atoms with van der Waals surface area (Å²) in [6.07, 6.45) is -2.90. The van der Waals surface area contributed by atoms with Crippen LogP contribution in [0, 0.1) is 0 Å². The Bertz CT molecular complexity index is 710. The van der Waals surface area contributed by atoms with Gasteiger partial charge >= 0.3 is 5.69 Å². The molecule has 0 aromatic carbocycles. The molecule has 4 atom stereocenters. The van der Waals surface area contributed by atoms with Gasteiger partial charge in [0.1, 0.15) is 6.61 Å². The van der Waals surface area contributed by atoms with Gasteiger partial charge in [-0.05, 0) is 0 Å². The van der Waals surface area contributed by atoms with Gasteiger partial charge < -0.3 is 14.9 Å². The fraction of sp³-hybridized carbons (Fsp3) is 0.417. The molecule has 0 radical (unpaired) electrons. The summed E-state index contributed by atoms with van der Waals surface area (Å²) in [7, 11) is 0. The number of halogens is 2. The molecule has 9 heteroatoms. The van der Waals surface area contributed by atoms with Gasteiger partial charge in [0.05, 0.1) is 0 Å². The zero-order chi connectivity index (χ0) is 15.8. The van der Waals surface area contributed by atoms with Crippen LogP contribution >= 0.6 is 0 Å². The van der Waals surface area contributed by atoms with Crippen LogP contribution in [0.5, 0.6) is 0 Å². The van der Waals surface area contributed by atoms with Crippen molar-refractivity contribution in [3.05, 3.63) is 51.5 Å². The number of ether oxygens (including phenoxy) is 1. The molecule has 114 valence electrons. The number of aliphatic hydroxyl groups is 2. The lowest BCUT2D eigenvalue weighted by Crippen LogP contribution is -2.47. The van der Waals surface area contributed by atoms with Gasteiger partial charge in [-0.3, -0.25) is 14.3 Å². The lowest BCUT2D eigenvalue weighted by molar-refractivity contribution is -0.207. The van der Waals surface area contributed by atoms with Crippen molar-refractivity contribution in [2.24, 2.45) is 0 Å². The summed E-state index contributed by atoms with van der Waals surface area (Å²) < 4.78 is 34.3. The van der Waals surface area contributed by atoms with E-state index in [0.717, 1.165) is 12.3 Å². The number of rotatable bonds is 3. The molecule has 1 aliphatic rings. The number of alkyl halides is 2. The molecular formula is C12H12F2N2O5. The monoisotopic (exact) mass is 302 g/mol. The molecule has 0 unspecified atom stereocenters. The van der Waals surface area contributed by atoms with Gasteiger partial charge in [0.15, 0.2) is 12.3 Å². The van der Waals surface area contributed by atoms with E-state index in [4.69, 9.17) is 5.11 Å². The molecule has 7 nitrogen and oxygen atoms in total. The Balaban J connectivity index is 2.63. The normalized spacial score (nSPS) is 35.4. The maximum absolute atomic E-state index is 14.9. The van der Waals surface area contributed by atoms with E-state index in [2.05, 4.69) is 11.3 Å².